The first kappa shape index (κ1) is 51.1. The van der Waals surface area contributed by atoms with Crippen molar-refractivity contribution in [3.05, 3.63) is 0 Å². The van der Waals surface area contributed by atoms with Gasteiger partial charge in [0, 0.05) is 82.9 Å². The summed E-state index contributed by atoms with van der Waals surface area (Å²) in [6, 6.07) is 1.51. The number of hydrogen-bond donors (Lipinski definition) is 0. The third-order valence-electron chi connectivity index (χ3n) is 18.9. The standard InChI is InChI=1S/C12H23NO.C12H23N.C11H22N2.C10H19N.C9H18N2/c1-10(2)11-8-12(14-9-11)4-6-13(3)7-5-12;1-10(2)11-8-12(9-11)4-6-13(3)7-5-12;1-10(2)13-8-11(9-13)4-6-12(3)7-5-11;1-8(2)9-4-10(5-9)6-11(3)7-10;1-8(2)11-6-9(7-11)4-10(3)5-9/h10-11H,4-9H2,1-3H3;10-11H,4-9H2,1-3H3;10H,4-9H2,1-3H3;8-9H,4-7H2,1-3H3;8H,4-7H2,1-3H3. The van der Waals surface area contributed by atoms with Crippen molar-refractivity contribution in [2.24, 2.45) is 57.2 Å². The molecule has 0 N–H and O–H groups in total. The van der Waals surface area contributed by atoms with Gasteiger partial charge in [-0.1, -0.05) is 41.5 Å². The average Bonchev–Trinajstić information content (AvgIpc) is 3.55. The molecule has 1 unspecified atom stereocenters. The molecule has 2 aliphatic carbocycles. The van der Waals surface area contributed by atoms with E-state index >= 15 is 0 Å². The molecule has 62 heavy (non-hydrogen) atoms. The van der Waals surface area contributed by atoms with Crippen LogP contribution in [0.1, 0.15) is 140 Å². The predicted molar refractivity (Wildman–Crippen MR) is 265 cm³/mol. The van der Waals surface area contributed by atoms with E-state index in [1.54, 1.807) is 0 Å². The summed E-state index contributed by atoms with van der Waals surface area (Å²) in [5.74, 6) is 5.52. The highest BCUT2D eigenvalue weighted by Gasteiger charge is 2.52. The number of hydrogen-bond acceptors (Lipinski definition) is 8. The summed E-state index contributed by atoms with van der Waals surface area (Å²) in [6.45, 7) is 42.8. The fourth-order valence-corrected chi connectivity index (χ4v) is 13.7. The van der Waals surface area contributed by atoms with Crippen molar-refractivity contribution in [1.82, 2.24) is 34.3 Å². The molecule has 10 aliphatic rings. The van der Waals surface area contributed by atoms with Gasteiger partial charge in [0.1, 0.15) is 0 Å². The highest BCUT2D eigenvalue weighted by molar-refractivity contribution is 5.06. The van der Waals surface area contributed by atoms with Crippen molar-refractivity contribution in [3.63, 3.8) is 0 Å². The van der Waals surface area contributed by atoms with Gasteiger partial charge in [0.2, 0.25) is 0 Å². The first-order chi connectivity index (χ1) is 29.1. The Balaban J connectivity index is 0.000000130. The van der Waals surface area contributed by atoms with Crippen molar-refractivity contribution >= 4 is 0 Å². The van der Waals surface area contributed by atoms with Gasteiger partial charge >= 0.3 is 0 Å². The second kappa shape index (κ2) is 20.9. The van der Waals surface area contributed by atoms with Crippen LogP contribution in [0.25, 0.3) is 0 Å². The van der Waals surface area contributed by atoms with Crippen molar-refractivity contribution in [3.8, 4) is 0 Å². The summed E-state index contributed by atoms with van der Waals surface area (Å²) in [7, 11) is 11.1. The number of nitrogens with zero attached hydrogens (tertiary/aromatic N) is 7. The second-order valence-electron chi connectivity index (χ2n) is 26.3. The highest BCUT2D eigenvalue weighted by Crippen LogP contribution is 2.55. The third-order valence-corrected chi connectivity index (χ3v) is 18.9. The summed E-state index contributed by atoms with van der Waals surface area (Å²) in [6.07, 6.45) is 15.6. The van der Waals surface area contributed by atoms with E-state index in [9.17, 15) is 0 Å². The maximum Gasteiger partial charge on any atom is 0.0710 e. The fraction of sp³-hybridized carbons (Fsp3) is 1.00. The Hall–Kier alpha value is -0.320. The molecule has 0 bridgehead atoms. The quantitative estimate of drug-likeness (QED) is 0.271. The van der Waals surface area contributed by atoms with Gasteiger partial charge in [-0.3, -0.25) is 9.80 Å². The largest absolute Gasteiger partial charge is 0.375 e. The molecule has 0 aromatic carbocycles. The number of piperidine rings is 3. The van der Waals surface area contributed by atoms with Crippen LogP contribution >= 0.6 is 0 Å². The third kappa shape index (κ3) is 12.8. The fourth-order valence-electron chi connectivity index (χ4n) is 13.7. The van der Waals surface area contributed by atoms with E-state index in [-0.39, 0.29) is 5.60 Å². The lowest BCUT2D eigenvalue weighted by molar-refractivity contribution is -0.115. The van der Waals surface area contributed by atoms with E-state index in [1.807, 2.05) is 0 Å². The lowest BCUT2D eigenvalue weighted by Gasteiger charge is -2.60. The summed E-state index contributed by atoms with van der Waals surface area (Å²) >= 11 is 0. The molecule has 0 aromatic rings. The smallest absolute Gasteiger partial charge is 0.0710 e. The van der Waals surface area contributed by atoms with Crippen LogP contribution in [0.2, 0.25) is 0 Å². The van der Waals surface area contributed by atoms with Gasteiger partial charge in [-0.25, -0.2) is 0 Å². The molecule has 8 aliphatic heterocycles. The van der Waals surface area contributed by atoms with Crippen LogP contribution in [0.4, 0.5) is 0 Å². The molecule has 362 valence electrons. The first-order valence-electron chi connectivity index (χ1n) is 26.6. The normalized spacial score (nSPS) is 31.5. The molecular weight excluding hydrogens is 763 g/mol. The van der Waals surface area contributed by atoms with Crippen LogP contribution in [0.5, 0.6) is 0 Å². The molecule has 10 rings (SSSR count). The molecule has 5 spiro atoms. The molecule has 8 heterocycles. The van der Waals surface area contributed by atoms with Crippen LogP contribution in [-0.4, -0.2) is 185 Å². The van der Waals surface area contributed by atoms with E-state index in [4.69, 9.17) is 4.74 Å². The Morgan fingerprint density at radius 3 is 1.05 bits per heavy atom. The Bertz CT molecular complexity index is 1230. The molecule has 10 fully saturated rings. The summed E-state index contributed by atoms with van der Waals surface area (Å²) < 4.78 is 6.08. The van der Waals surface area contributed by atoms with Crippen molar-refractivity contribution in [2.75, 3.05) is 133 Å². The molecule has 0 aromatic heterocycles. The minimum Gasteiger partial charge on any atom is -0.375 e. The number of rotatable bonds is 5. The topological polar surface area (TPSA) is 31.9 Å². The summed E-state index contributed by atoms with van der Waals surface area (Å²) in [4.78, 5) is 17.4. The second-order valence-corrected chi connectivity index (χ2v) is 26.3. The van der Waals surface area contributed by atoms with Gasteiger partial charge in [0.15, 0.2) is 0 Å². The molecule has 1 atom stereocenters. The van der Waals surface area contributed by atoms with E-state index in [0.29, 0.717) is 0 Å². The van der Waals surface area contributed by atoms with Crippen LogP contribution in [0, 0.1) is 57.2 Å². The van der Waals surface area contributed by atoms with Gasteiger partial charge in [0.05, 0.1) is 12.2 Å². The van der Waals surface area contributed by atoms with Crippen LogP contribution in [0.15, 0.2) is 0 Å². The first-order valence-corrected chi connectivity index (χ1v) is 26.6. The van der Waals surface area contributed by atoms with Crippen molar-refractivity contribution < 1.29 is 4.74 Å². The average molecular weight is 868 g/mol. The zero-order valence-corrected chi connectivity index (χ0v) is 44.0. The van der Waals surface area contributed by atoms with Crippen LogP contribution < -0.4 is 0 Å². The van der Waals surface area contributed by atoms with E-state index in [2.05, 4.69) is 139 Å². The molecule has 8 saturated heterocycles. The molecule has 8 heteroatoms. The Morgan fingerprint density at radius 2 is 0.694 bits per heavy atom. The Labute approximate surface area is 385 Å². The molecule has 0 amide bonds. The summed E-state index contributed by atoms with van der Waals surface area (Å²) in [5, 5.41) is 0. The van der Waals surface area contributed by atoms with Gasteiger partial charge in [-0.15, -0.1) is 0 Å². The molecule has 0 radical (unpaired) electrons. The van der Waals surface area contributed by atoms with Gasteiger partial charge < -0.3 is 29.2 Å². The molecule has 8 nitrogen and oxygen atoms in total. The maximum absolute atomic E-state index is 6.08. The number of ether oxygens (including phenoxy) is 1. The Kier molecular flexibility index (Phi) is 17.2. The van der Waals surface area contributed by atoms with Crippen molar-refractivity contribution in [2.45, 2.75) is 158 Å². The lowest BCUT2D eigenvalue weighted by atomic mass is 9.55. The zero-order chi connectivity index (χ0) is 45.3. The molecule has 2 saturated carbocycles. The van der Waals surface area contributed by atoms with Crippen molar-refractivity contribution in [1.29, 1.82) is 0 Å². The van der Waals surface area contributed by atoms with E-state index < -0.39 is 0 Å². The SMILES string of the molecule is CC(C)C1CC2(C1)CN(C)C2.CC(C)C1CC2(CCN(C)CC2)C1.CC(C)C1COC2(CCN(C)CC2)C1.CC(C)N1CC2(CCN(C)CC2)C1.CC(C)N1CC2(CN(C)C2)C1. The minimum absolute atomic E-state index is 0.265. The monoisotopic (exact) mass is 868 g/mol. The van der Waals surface area contributed by atoms with Gasteiger partial charge in [-0.05, 0) is 211 Å². The van der Waals surface area contributed by atoms with Crippen LogP contribution in [0.3, 0.4) is 0 Å². The summed E-state index contributed by atoms with van der Waals surface area (Å²) in [5.41, 5.74) is 3.29. The minimum atomic E-state index is 0.265. The maximum atomic E-state index is 6.08. The van der Waals surface area contributed by atoms with Crippen LogP contribution in [-0.2, 0) is 4.74 Å². The van der Waals surface area contributed by atoms with Gasteiger partial charge in [-0.2, -0.15) is 0 Å². The number of likely N-dealkylation sites (tertiary alicyclic amines) is 7. The molecular formula is C54H105N7O. The van der Waals surface area contributed by atoms with E-state index in [1.165, 1.54) is 162 Å². The Morgan fingerprint density at radius 1 is 0.355 bits per heavy atom. The lowest BCUT2D eigenvalue weighted by Crippen LogP contribution is -2.72. The zero-order valence-electron chi connectivity index (χ0n) is 44.0. The van der Waals surface area contributed by atoms with Gasteiger partial charge in [0.25, 0.3) is 0 Å². The predicted octanol–water partition coefficient (Wildman–Crippen LogP) is 8.96. The van der Waals surface area contributed by atoms with E-state index in [0.717, 1.165) is 75.9 Å². The highest BCUT2D eigenvalue weighted by atomic mass is 16.5.